The largest absolute Gasteiger partial charge is 0.380 e. The third kappa shape index (κ3) is 3.93. The van der Waals surface area contributed by atoms with Crippen molar-refractivity contribution in [2.75, 3.05) is 19.1 Å². The van der Waals surface area contributed by atoms with Gasteiger partial charge in [0.05, 0.1) is 6.61 Å². The molecule has 0 atom stereocenters. The number of hydrogen-bond acceptors (Lipinski definition) is 3. The maximum Gasteiger partial charge on any atom is 0.160 e. The average Bonchev–Trinajstić information content (AvgIpc) is 2.76. The summed E-state index contributed by atoms with van der Waals surface area (Å²) < 4.78 is 7.81. The summed E-state index contributed by atoms with van der Waals surface area (Å²) in [6.07, 6.45) is 3.64. The van der Waals surface area contributed by atoms with E-state index in [0.717, 1.165) is 43.0 Å². The van der Waals surface area contributed by atoms with Gasteiger partial charge in [-0.3, -0.25) is 0 Å². The van der Waals surface area contributed by atoms with Crippen LogP contribution in [0.2, 0.25) is 0 Å². The first-order valence-corrected chi connectivity index (χ1v) is 7.69. The lowest BCUT2D eigenvalue weighted by molar-refractivity contribution is 0.116. The Hall–Kier alpha value is -1.13. The minimum Gasteiger partial charge on any atom is -0.380 e. The normalized spacial score (nSPS) is 11.6. The molecule has 0 aromatic carbocycles. The molecule has 0 aliphatic rings. The Bertz CT molecular complexity index is 539. The zero-order valence-corrected chi connectivity index (χ0v) is 12.9. The van der Waals surface area contributed by atoms with Gasteiger partial charge in [-0.1, -0.05) is 13.8 Å². The molecule has 5 heteroatoms. The Kier molecular flexibility index (Phi) is 5.80. The molecule has 0 radical (unpaired) electrons. The molecule has 0 saturated heterocycles. The van der Waals surface area contributed by atoms with Crippen LogP contribution in [0.5, 0.6) is 0 Å². The van der Waals surface area contributed by atoms with Crippen LogP contribution in [-0.4, -0.2) is 33.6 Å². The van der Waals surface area contributed by atoms with E-state index in [1.54, 1.807) is 6.20 Å². The highest BCUT2D eigenvalue weighted by Gasteiger charge is 2.10. The molecule has 0 unspecified atom stereocenters. The van der Waals surface area contributed by atoms with Crippen LogP contribution in [0.3, 0.4) is 0 Å². The molecule has 0 spiro atoms. The summed E-state index contributed by atoms with van der Waals surface area (Å²) in [7, 11) is 0. The monoisotopic (exact) mass is 295 g/mol. The Balaban J connectivity index is 2.01. The lowest BCUT2D eigenvalue weighted by Gasteiger charge is -2.09. The molecule has 2 aromatic heterocycles. The number of ether oxygens (including phenoxy) is 1. The molecule has 0 amide bonds. The molecule has 0 saturated carbocycles. The van der Waals surface area contributed by atoms with E-state index in [2.05, 4.69) is 28.4 Å². The average molecular weight is 296 g/mol. The standard InChI is InChI=1S/C15H22ClN3O/c1-12(2)6-10-20-11-9-19-14(5-7-16)18-13-4-3-8-17-15(13)19/h3-4,8,12H,5-7,9-11H2,1-2H3. The van der Waals surface area contributed by atoms with Crippen LogP contribution < -0.4 is 0 Å². The van der Waals surface area contributed by atoms with Gasteiger partial charge in [-0.15, -0.1) is 11.6 Å². The summed E-state index contributed by atoms with van der Waals surface area (Å²) >= 11 is 5.85. The topological polar surface area (TPSA) is 39.9 Å². The second-order valence-corrected chi connectivity index (χ2v) is 5.64. The number of pyridine rings is 1. The van der Waals surface area contributed by atoms with Crippen LogP contribution in [-0.2, 0) is 17.7 Å². The van der Waals surface area contributed by atoms with Gasteiger partial charge in [0.1, 0.15) is 11.3 Å². The van der Waals surface area contributed by atoms with Crippen LogP contribution in [0.25, 0.3) is 11.2 Å². The van der Waals surface area contributed by atoms with Crippen molar-refractivity contribution >= 4 is 22.8 Å². The van der Waals surface area contributed by atoms with Crippen molar-refractivity contribution in [3.8, 4) is 0 Å². The number of halogens is 1. The van der Waals surface area contributed by atoms with Crippen LogP contribution in [0.4, 0.5) is 0 Å². The minimum atomic E-state index is 0.567. The van der Waals surface area contributed by atoms with Crippen molar-refractivity contribution in [3.05, 3.63) is 24.2 Å². The second-order valence-electron chi connectivity index (χ2n) is 5.26. The number of aryl methyl sites for hydroxylation is 1. The third-order valence-corrected chi connectivity index (χ3v) is 3.39. The van der Waals surface area contributed by atoms with Crippen molar-refractivity contribution in [1.29, 1.82) is 0 Å². The van der Waals surface area contributed by atoms with Gasteiger partial charge in [-0.25, -0.2) is 9.97 Å². The smallest absolute Gasteiger partial charge is 0.160 e. The van der Waals surface area contributed by atoms with Gasteiger partial charge in [0.15, 0.2) is 5.65 Å². The Morgan fingerprint density at radius 3 is 2.95 bits per heavy atom. The van der Waals surface area contributed by atoms with Crippen molar-refractivity contribution < 1.29 is 4.74 Å². The van der Waals surface area contributed by atoms with E-state index in [0.29, 0.717) is 18.4 Å². The Morgan fingerprint density at radius 1 is 1.35 bits per heavy atom. The fourth-order valence-corrected chi connectivity index (χ4v) is 2.26. The van der Waals surface area contributed by atoms with Crippen LogP contribution in [0.1, 0.15) is 26.1 Å². The summed E-state index contributed by atoms with van der Waals surface area (Å²) in [4.78, 5) is 9.00. The van der Waals surface area contributed by atoms with Crippen molar-refractivity contribution in [3.63, 3.8) is 0 Å². The van der Waals surface area contributed by atoms with Gasteiger partial charge in [-0.2, -0.15) is 0 Å². The van der Waals surface area contributed by atoms with E-state index in [-0.39, 0.29) is 0 Å². The van der Waals surface area contributed by atoms with E-state index in [1.807, 2.05) is 12.1 Å². The molecule has 0 fully saturated rings. The third-order valence-electron chi connectivity index (χ3n) is 3.20. The van der Waals surface area contributed by atoms with Crippen LogP contribution >= 0.6 is 11.6 Å². The quantitative estimate of drug-likeness (QED) is 0.554. The van der Waals surface area contributed by atoms with Crippen LogP contribution in [0.15, 0.2) is 18.3 Å². The molecule has 2 heterocycles. The molecular formula is C15H22ClN3O. The summed E-state index contributed by atoms with van der Waals surface area (Å²) in [5, 5.41) is 0. The summed E-state index contributed by atoms with van der Waals surface area (Å²) in [5.41, 5.74) is 1.84. The van der Waals surface area contributed by atoms with Gasteiger partial charge in [0, 0.05) is 31.6 Å². The van der Waals surface area contributed by atoms with E-state index in [1.165, 1.54) is 0 Å². The molecular weight excluding hydrogens is 274 g/mol. The second kappa shape index (κ2) is 7.60. The zero-order valence-electron chi connectivity index (χ0n) is 12.2. The highest BCUT2D eigenvalue weighted by atomic mass is 35.5. The number of alkyl halides is 1. The maximum absolute atomic E-state index is 5.85. The number of aromatic nitrogens is 3. The summed E-state index contributed by atoms with van der Waals surface area (Å²) in [6, 6.07) is 3.89. The van der Waals surface area contributed by atoms with Crippen molar-refractivity contribution in [2.24, 2.45) is 5.92 Å². The predicted molar refractivity (Wildman–Crippen MR) is 82.2 cm³/mol. The van der Waals surface area contributed by atoms with Gasteiger partial charge in [0.2, 0.25) is 0 Å². The minimum absolute atomic E-state index is 0.567. The summed E-state index contributed by atoms with van der Waals surface area (Å²) in [5.74, 6) is 2.23. The van der Waals surface area contributed by atoms with Gasteiger partial charge >= 0.3 is 0 Å². The lowest BCUT2D eigenvalue weighted by Crippen LogP contribution is -2.11. The van der Waals surface area contributed by atoms with E-state index in [9.17, 15) is 0 Å². The first-order chi connectivity index (χ1) is 9.72. The molecule has 4 nitrogen and oxygen atoms in total. The first kappa shape index (κ1) is 15.3. The predicted octanol–water partition coefficient (Wildman–Crippen LogP) is 3.28. The lowest BCUT2D eigenvalue weighted by atomic mass is 10.1. The van der Waals surface area contributed by atoms with Gasteiger partial charge in [0.25, 0.3) is 0 Å². The fraction of sp³-hybridized carbons (Fsp3) is 0.600. The van der Waals surface area contributed by atoms with Crippen LogP contribution in [0, 0.1) is 5.92 Å². The number of hydrogen-bond donors (Lipinski definition) is 0. The molecule has 0 N–H and O–H groups in total. The zero-order chi connectivity index (χ0) is 14.4. The van der Waals surface area contributed by atoms with Crippen molar-refractivity contribution in [2.45, 2.75) is 33.2 Å². The molecule has 2 rings (SSSR count). The number of nitrogens with zero attached hydrogens (tertiary/aromatic N) is 3. The molecule has 110 valence electrons. The number of fused-ring (bicyclic) bond motifs is 1. The van der Waals surface area contributed by atoms with Gasteiger partial charge < -0.3 is 9.30 Å². The molecule has 2 aromatic rings. The highest BCUT2D eigenvalue weighted by Crippen LogP contribution is 2.14. The van der Waals surface area contributed by atoms with Crippen molar-refractivity contribution in [1.82, 2.24) is 14.5 Å². The fourth-order valence-electron chi connectivity index (χ4n) is 2.09. The Morgan fingerprint density at radius 2 is 2.20 bits per heavy atom. The first-order valence-electron chi connectivity index (χ1n) is 7.16. The molecule has 0 aliphatic carbocycles. The van der Waals surface area contributed by atoms with E-state index in [4.69, 9.17) is 16.3 Å². The van der Waals surface area contributed by atoms with Gasteiger partial charge in [-0.05, 0) is 24.5 Å². The number of imidazole rings is 1. The molecule has 0 bridgehead atoms. The Labute approximate surface area is 125 Å². The number of rotatable bonds is 8. The highest BCUT2D eigenvalue weighted by molar-refractivity contribution is 6.17. The molecule has 20 heavy (non-hydrogen) atoms. The SMILES string of the molecule is CC(C)CCOCCn1c(CCCl)nc2cccnc21. The maximum atomic E-state index is 5.85. The van der Waals surface area contributed by atoms with E-state index < -0.39 is 0 Å². The molecule has 0 aliphatic heterocycles. The summed E-state index contributed by atoms with van der Waals surface area (Å²) in [6.45, 7) is 6.68. The van der Waals surface area contributed by atoms with E-state index >= 15 is 0 Å².